The lowest BCUT2D eigenvalue weighted by Crippen LogP contribution is -2.30. The quantitative estimate of drug-likeness (QED) is 0.685. The van der Waals surface area contributed by atoms with E-state index in [-0.39, 0.29) is 0 Å². The van der Waals surface area contributed by atoms with Crippen LogP contribution in [-0.4, -0.2) is 16.2 Å². The van der Waals surface area contributed by atoms with Gasteiger partial charge < -0.3 is 10.5 Å². The highest BCUT2D eigenvalue weighted by atomic mass is 35.5. The number of alkyl halides is 2. The Morgan fingerprint density at radius 1 is 1.32 bits per heavy atom. The molecule has 6 heteroatoms. The van der Waals surface area contributed by atoms with Crippen LogP contribution in [0.15, 0.2) is 30.3 Å². The third-order valence-electron chi connectivity index (χ3n) is 3.29. The lowest BCUT2D eigenvalue weighted by molar-refractivity contribution is -0.160. The van der Waals surface area contributed by atoms with Gasteiger partial charge in [0.05, 0.1) is 0 Å². The van der Waals surface area contributed by atoms with Crippen molar-refractivity contribution in [3.63, 3.8) is 0 Å². The monoisotopic (exact) mass is 301 g/mol. The van der Waals surface area contributed by atoms with Crippen molar-refractivity contribution < 1.29 is 14.3 Å². The maximum Gasteiger partial charge on any atom is 0.316 e. The second kappa shape index (κ2) is 4.69. The molecule has 102 valence electrons. The highest BCUT2D eigenvalue weighted by molar-refractivity contribution is 6.53. The van der Waals surface area contributed by atoms with Crippen molar-refractivity contribution in [2.45, 2.75) is 23.8 Å². The fourth-order valence-corrected chi connectivity index (χ4v) is 2.47. The molecule has 19 heavy (non-hydrogen) atoms. The third-order valence-corrected chi connectivity index (χ3v) is 4.40. The number of halogens is 2. The van der Waals surface area contributed by atoms with E-state index < -0.39 is 27.7 Å². The maximum absolute atomic E-state index is 12.0. The number of primary amides is 1. The molecule has 4 nitrogen and oxygen atoms in total. The largest absolute Gasteiger partial charge is 0.447 e. The Hall–Kier alpha value is -1.26. The first-order valence-corrected chi connectivity index (χ1v) is 6.47. The van der Waals surface area contributed by atoms with Crippen molar-refractivity contribution in [2.75, 3.05) is 0 Å². The van der Waals surface area contributed by atoms with E-state index in [4.69, 9.17) is 33.7 Å². The molecule has 0 radical (unpaired) electrons. The van der Waals surface area contributed by atoms with Crippen LogP contribution < -0.4 is 5.73 Å². The Labute approximate surface area is 120 Å². The van der Waals surface area contributed by atoms with Crippen LogP contribution in [0.2, 0.25) is 0 Å². The molecule has 2 rings (SSSR count). The average molecular weight is 302 g/mol. The van der Waals surface area contributed by atoms with E-state index in [1.165, 1.54) is 0 Å². The fraction of sp³-hybridized carbons (Fsp3) is 0.385. The molecule has 0 heterocycles. The van der Waals surface area contributed by atoms with Gasteiger partial charge in [0.2, 0.25) is 6.10 Å². The molecule has 0 aromatic heterocycles. The van der Waals surface area contributed by atoms with Gasteiger partial charge in [-0.05, 0) is 6.92 Å². The van der Waals surface area contributed by atoms with Gasteiger partial charge in [0.1, 0.15) is 9.75 Å². The smallest absolute Gasteiger partial charge is 0.316 e. The van der Waals surface area contributed by atoms with Crippen LogP contribution >= 0.6 is 23.2 Å². The first-order valence-electron chi connectivity index (χ1n) is 5.71. The number of rotatable bonds is 4. The predicted molar refractivity (Wildman–Crippen MR) is 71.6 cm³/mol. The molecule has 1 aliphatic carbocycles. The van der Waals surface area contributed by atoms with Gasteiger partial charge in [-0.25, -0.2) is 0 Å². The van der Waals surface area contributed by atoms with E-state index in [0.717, 1.165) is 0 Å². The SMILES string of the molecule is CC1(C(=O)OC(C(N)=O)c2ccccc2)CC1(Cl)Cl. The van der Waals surface area contributed by atoms with Gasteiger partial charge in [-0.15, -0.1) is 23.2 Å². The van der Waals surface area contributed by atoms with E-state index in [1.807, 2.05) is 0 Å². The number of carbonyl (C=O) groups excluding carboxylic acids is 2. The van der Waals surface area contributed by atoms with Crippen LogP contribution in [0.3, 0.4) is 0 Å². The van der Waals surface area contributed by atoms with Gasteiger partial charge in [-0.3, -0.25) is 9.59 Å². The summed E-state index contributed by atoms with van der Waals surface area (Å²) in [6.07, 6.45) is -0.836. The highest BCUT2D eigenvalue weighted by Gasteiger charge is 2.69. The zero-order valence-electron chi connectivity index (χ0n) is 10.2. The van der Waals surface area contributed by atoms with Crippen molar-refractivity contribution in [1.29, 1.82) is 0 Å². The number of ether oxygens (including phenoxy) is 1. The number of benzene rings is 1. The summed E-state index contributed by atoms with van der Waals surface area (Å²) in [5.41, 5.74) is 4.79. The minimum Gasteiger partial charge on any atom is -0.447 e. The Morgan fingerprint density at radius 2 is 1.84 bits per heavy atom. The van der Waals surface area contributed by atoms with Gasteiger partial charge in [0, 0.05) is 12.0 Å². The minimum atomic E-state index is -1.14. The Morgan fingerprint density at radius 3 is 2.26 bits per heavy atom. The molecule has 0 bridgehead atoms. The Bertz CT molecular complexity index is 518. The van der Waals surface area contributed by atoms with Gasteiger partial charge in [0.25, 0.3) is 5.91 Å². The number of nitrogens with two attached hydrogens (primary N) is 1. The summed E-state index contributed by atoms with van der Waals surface area (Å²) in [6, 6.07) is 8.56. The number of amides is 1. The van der Waals surface area contributed by atoms with E-state index in [1.54, 1.807) is 37.3 Å². The zero-order valence-corrected chi connectivity index (χ0v) is 11.7. The maximum atomic E-state index is 12.0. The molecule has 2 atom stereocenters. The summed E-state index contributed by atoms with van der Waals surface area (Å²) in [6.45, 7) is 1.60. The standard InChI is InChI=1S/C13H13Cl2NO3/c1-12(7-13(12,14)15)11(18)19-9(10(16)17)8-5-3-2-4-6-8/h2-6,9H,7H2,1H3,(H2,16,17). The van der Waals surface area contributed by atoms with Gasteiger partial charge in [-0.2, -0.15) is 0 Å². The topological polar surface area (TPSA) is 69.4 Å². The molecule has 0 saturated heterocycles. The van der Waals surface area contributed by atoms with Crippen molar-refractivity contribution in [1.82, 2.24) is 0 Å². The molecule has 1 saturated carbocycles. The molecule has 1 aliphatic rings. The molecule has 1 aromatic carbocycles. The van der Waals surface area contributed by atoms with Crippen LogP contribution in [0.1, 0.15) is 25.0 Å². The van der Waals surface area contributed by atoms with Gasteiger partial charge in [-0.1, -0.05) is 30.3 Å². The molecule has 1 aromatic rings. The summed E-state index contributed by atoms with van der Waals surface area (Å²) in [7, 11) is 0. The first-order chi connectivity index (χ1) is 8.78. The van der Waals surface area contributed by atoms with Crippen LogP contribution in [-0.2, 0) is 14.3 Å². The normalized spacial score (nSPS) is 25.4. The first kappa shape index (κ1) is 14.2. The lowest BCUT2D eigenvalue weighted by Gasteiger charge is -2.18. The van der Waals surface area contributed by atoms with E-state index in [9.17, 15) is 9.59 Å². The van der Waals surface area contributed by atoms with Crippen molar-refractivity contribution in [3.8, 4) is 0 Å². The number of hydrogen-bond acceptors (Lipinski definition) is 3. The van der Waals surface area contributed by atoms with E-state index in [0.29, 0.717) is 12.0 Å². The molecule has 2 N–H and O–H groups in total. The second-order valence-corrected chi connectivity index (χ2v) is 6.30. The van der Waals surface area contributed by atoms with Crippen molar-refractivity contribution in [3.05, 3.63) is 35.9 Å². The highest BCUT2D eigenvalue weighted by Crippen LogP contribution is 2.64. The molecular formula is C13H13Cl2NO3. The minimum absolute atomic E-state index is 0.294. The van der Waals surface area contributed by atoms with Crippen LogP contribution in [0.5, 0.6) is 0 Å². The molecule has 1 amide bonds. The predicted octanol–water partition coefficient (Wildman–Crippen LogP) is 2.34. The number of hydrogen-bond donors (Lipinski definition) is 1. The Balaban J connectivity index is 2.16. The number of carbonyl (C=O) groups is 2. The zero-order chi connectivity index (χ0) is 14.3. The lowest BCUT2D eigenvalue weighted by atomic mass is 10.1. The molecule has 1 fully saturated rings. The van der Waals surface area contributed by atoms with Gasteiger partial charge >= 0.3 is 5.97 Å². The molecule has 0 aliphatic heterocycles. The Kier molecular flexibility index (Phi) is 3.49. The summed E-state index contributed by atoms with van der Waals surface area (Å²) < 4.78 is 4.04. The average Bonchev–Trinajstić information content (AvgIpc) is 2.87. The summed E-state index contributed by atoms with van der Waals surface area (Å²) >= 11 is 11.8. The van der Waals surface area contributed by atoms with E-state index >= 15 is 0 Å². The number of esters is 1. The molecule has 0 spiro atoms. The summed E-state index contributed by atoms with van der Waals surface area (Å²) in [4.78, 5) is 23.5. The van der Waals surface area contributed by atoms with Crippen LogP contribution in [0.4, 0.5) is 0 Å². The molecular weight excluding hydrogens is 289 g/mol. The molecule has 2 unspecified atom stereocenters. The van der Waals surface area contributed by atoms with Gasteiger partial charge in [0.15, 0.2) is 0 Å². The van der Waals surface area contributed by atoms with Crippen LogP contribution in [0.25, 0.3) is 0 Å². The fourth-order valence-electron chi connectivity index (χ4n) is 1.78. The summed E-state index contributed by atoms with van der Waals surface area (Å²) in [5.74, 6) is -1.36. The third kappa shape index (κ3) is 2.55. The van der Waals surface area contributed by atoms with E-state index in [2.05, 4.69) is 0 Å². The van der Waals surface area contributed by atoms with Crippen molar-refractivity contribution in [2.24, 2.45) is 11.1 Å². The summed E-state index contributed by atoms with van der Waals surface area (Å²) in [5, 5.41) is 0. The second-order valence-electron chi connectivity index (χ2n) is 4.81. The van der Waals surface area contributed by atoms with Crippen molar-refractivity contribution >= 4 is 35.1 Å². The van der Waals surface area contributed by atoms with Crippen LogP contribution in [0, 0.1) is 5.41 Å².